The van der Waals surface area contributed by atoms with Gasteiger partial charge < -0.3 is 10.1 Å². The molecule has 0 aliphatic carbocycles. The molecule has 0 aliphatic rings. The number of hydrogen-bond acceptors (Lipinski definition) is 4. The number of ether oxygens (including phenoxy) is 1. The smallest absolute Gasteiger partial charge is 0.0954 e. The zero-order chi connectivity index (χ0) is 12.9. The Labute approximate surface area is 109 Å². The molecular weight excluding hydrogens is 232 g/mol. The van der Waals surface area contributed by atoms with Gasteiger partial charge in [-0.05, 0) is 27.2 Å². The van der Waals surface area contributed by atoms with Gasteiger partial charge in [-0.15, -0.1) is 11.3 Å². The number of aryl methyl sites for hydroxylation is 1. The third kappa shape index (κ3) is 5.15. The Bertz CT molecular complexity index is 342. The van der Waals surface area contributed by atoms with Crippen LogP contribution in [0, 0.1) is 0 Å². The van der Waals surface area contributed by atoms with Crippen LogP contribution in [0.2, 0.25) is 0 Å². The lowest BCUT2D eigenvalue weighted by atomic mass is 10.1. The zero-order valence-corrected chi connectivity index (χ0v) is 12.4. The van der Waals surface area contributed by atoms with Gasteiger partial charge in [-0.3, -0.25) is 0 Å². The molecule has 0 aromatic carbocycles. The second kappa shape index (κ2) is 6.47. The molecule has 0 saturated heterocycles. The van der Waals surface area contributed by atoms with Gasteiger partial charge in [0.15, 0.2) is 0 Å². The molecule has 0 atom stereocenters. The van der Waals surface area contributed by atoms with E-state index >= 15 is 0 Å². The molecule has 0 spiro atoms. The summed E-state index contributed by atoms with van der Waals surface area (Å²) in [4.78, 5) is 6.03. The van der Waals surface area contributed by atoms with E-state index in [-0.39, 0.29) is 5.54 Å². The lowest BCUT2D eigenvalue weighted by Crippen LogP contribution is -2.35. The maximum atomic E-state index is 5.09. The fourth-order valence-electron chi connectivity index (χ4n) is 1.49. The van der Waals surface area contributed by atoms with Crippen molar-refractivity contribution in [3.8, 4) is 0 Å². The van der Waals surface area contributed by atoms with Crippen LogP contribution in [0.5, 0.6) is 0 Å². The minimum Gasteiger partial charge on any atom is -0.384 e. The molecule has 0 aliphatic heterocycles. The van der Waals surface area contributed by atoms with Crippen molar-refractivity contribution in [2.75, 3.05) is 13.7 Å². The van der Waals surface area contributed by atoms with Crippen LogP contribution in [0.25, 0.3) is 0 Å². The maximum absolute atomic E-state index is 5.09. The summed E-state index contributed by atoms with van der Waals surface area (Å²) >= 11 is 1.81. The summed E-state index contributed by atoms with van der Waals surface area (Å²) in [5.74, 6) is 0. The lowest BCUT2D eigenvalue weighted by Gasteiger charge is -2.20. The zero-order valence-electron chi connectivity index (χ0n) is 11.6. The molecule has 0 unspecified atom stereocenters. The number of rotatable bonds is 6. The van der Waals surface area contributed by atoms with E-state index in [0.717, 1.165) is 26.0 Å². The standard InChI is InChI=1S/C13H24N2OS/c1-6-10-11(9-14-13(2,3)4)17-12(15-10)7-8-16-5/h14H,6-9H2,1-5H3. The molecular formula is C13H24N2OS. The van der Waals surface area contributed by atoms with E-state index < -0.39 is 0 Å². The summed E-state index contributed by atoms with van der Waals surface area (Å²) in [7, 11) is 1.73. The monoisotopic (exact) mass is 256 g/mol. The van der Waals surface area contributed by atoms with Gasteiger partial charge in [0.25, 0.3) is 0 Å². The Morgan fingerprint density at radius 1 is 1.35 bits per heavy atom. The highest BCUT2D eigenvalue weighted by molar-refractivity contribution is 7.11. The van der Waals surface area contributed by atoms with Crippen molar-refractivity contribution in [3.05, 3.63) is 15.6 Å². The second-order valence-corrected chi connectivity index (χ2v) is 6.35. The van der Waals surface area contributed by atoms with Gasteiger partial charge in [0.05, 0.1) is 17.3 Å². The van der Waals surface area contributed by atoms with Gasteiger partial charge in [-0.2, -0.15) is 0 Å². The third-order valence-corrected chi connectivity index (χ3v) is 3.61. The van der Waals surface area contributed by atoms with Crippen LogP contribution in [0.15, 0.2) is 0 Å². The normalized spacial score (nSPS) is 12.1. The van der Waals surface area contributed by atoms with Crippen LogP contribution in [0.4, 0.5) is 0 Å². The molecule has 1 aromatic heterocycles. The van der Waals surface area contributed by atoms with E-state index in [1.165, 1.54) is 15.6 Å². The largest absolute Gasteiger partial charge is 0.384 e. The molecule has 98 valence electrons. The predicted molar refractivity (Wildman–Crippen MR) is 73.7 cm³/mol. The summed E-state index contributed by atoms with van der Waals surface area (Å²) in [6.07, 6.45) is 1.92. The number of hydrogen-bond donors (Lipinski definition) is 1. The van der Waals surface area contributed by atoms with E-state index in [1.54, 1.807) is 7.11 Å². The van der Waals surface area contributed by atoms with Gasteiger partial charge >= 0.3 is 0 Å². The highest BCUT2D eigenvalue weighted by atomic mass is 32.1. The molecule has 0 fully saturated rings. The Morgan fingerprint density at radius 3 is 2.59 bits per heavy atom. The Kier molecular flexibility index (Phi) is 5.56. The first-order valence-corrected chi connectivity index (χ1v) is 6.99. The second-order valence-electron chi connectivity index (χ2n) is 5.18. The summed E-state index contributed by atoms with van der Waals surface area (Å²) < 4.78 is 5.09. The maximum Gasteiger partial charge on any atom is 0.0954 e. The van der Waals surface area contributed by atoms with Crippen molar-refractivity contribution in [1.29, 1.82) is 0 Å². The van der Waals surface area contributed by atoms with Gasteiger partial charge in [0, 0.05) is 30.5 Å². The van der Waals surface area contributed by atoms with Crippen molar-refractivity contribution >= 4 is 11.3 Å². The van der Waals surface area contributed by atoms with Crippen LogP contribution in [0.1, 0.15) is 43.3 Å². The molecule has 0 bridgehead atoms. The van der Waals surface area contributed by atoms with E-state index in [4.69, 9.17) is 4.74 Å². The number of aromatic nitrogens is 1. The third-order valence-electron chi connectivity index (χ3n) is 2.46. The van der Waals surface area contributed by atoms with Crippen LogP contribution < -0.4 is 5.32 Å². The van der Waals surface area contributed by atoms with Crippen LogP contribution in [-0.4, -0.2) is 24.2 Å². The highest BCUT2D eigenvalue weighted by Crippen LogP contribution is 2.20. The van der Waals surface area contributed by atoms with Gasteiger partial charge in [-0.25, -0.2) is 4.98 Å². The first kappa shape index (κ1) is 14.6. The Balaban J connectivity index is 2.66. The average molecular weight is 256 g/mol. The van der Waals surface area contributed by atoms with Crippen LogP contribution >= 0.6 is 11.3 Å². The molecule has 0 saturated carbocycles. The molecule has 17 heavy (non-hydrogen) atoms. The molecule has 1 heterocycles. The van der Waals surface area contributed by atoms with E-state index in [0.29, 0.717) is 0 Å². The van der Waals surface area contributed by atoms with E-state index in [9.17, 15) is 0 Å². The summed E-state index contributed by atoms with van der Waals surface area (Å²) in [6, 6.07) is 0. The number of nitrogens with one attached hydrogen (secondary N) is 1. The first-order chi connectivity index (χ1) is 7.96. The summed E-state index contributed by atoms with van der Waals surface area (Å²) in [6.45, 7) is 10.4. The molecule has 4 heteroatoms. The molecule has 1 N–H and O–H groups in total. The minimum atomic E-state index is 0.154. The van der Waals surface area contributed by atoms with Crippen molar-refractivity contribution in [1.82, 2.24) is 10.3 Å². The molecule has 0 radical (unpaired) electrons. The Morgan fingerprint density at radius 2 is 2.06 bits per heavy atom. The van der Waals surface area contributed by atoms with E-state index in [2.05, 4.69) is 38.0 Å². The SMILES string of the molecule is CCc1nc(CCOC)sc1CNC(C)(C)C. The molecule has 1 aromatic rings. The fourth-order valence-corrected chi connectivity index (χ4v) is 2.57. The van der Waals surface area contributed by atoms with Gasteiger partial charge in [0.2, 0.25) is 0 Å². The van der Waals surface area contributed by atoms with Crippen molar-refractivity contribution in [3.63, 3.8) is 0 Å². The quantitative estimate of drug-likeness (QED) is 0.850. The summed E-state index contributed by atoms with van der Waals surface area (Å²) in [5, 5.41) is 4.71. The van der Waals surface area contributed by atoms with E-state index in [1.807, 2.05) is 11.3 Å². The average Bonchev–Trinajstić information content (AvgIpc) is 2.65. The number of methoxy groups -OCH3 is 1. The Hall–Kier alpha value is -0.450. The van der Waals surface area contributed by atoms with Crippen LogP contribution in [-0.2, 0) is 24.1 Å². The number of thiazole rings is 1. The van der Waals surface area contributed by atoms with Crippen molar-refractivity contribution in [2.24, 2.45) is 0 Å². The van der Waals surface area contributed by atoms with Gasteiger partial charge in [-0.1, -0.05) is 6.92 Å². The fraction of sp³-hybridized carbons (Fsp3) is 0.769. The van der Waals surface area contributed by atoms with Crippen LogP contribution in [0.3, 0.4) is 0 Å². The first-order valence-electron chi connectivity index (χ1n) is 6.17. The van der Waals surface area contributed by atoms with Crippen molar-refractivity contribution in [2.45, 2.75) is 52.6 Å². The van der Waals surface area contributed by atoms with Crippen molar-refractivity contribution < 1.29 is 4.74 Å². The molecule has 1 rings (SSSR count). The molecule has 3 nitrogen and oxygen atoms in total. The lowest BCUT2D eigenvalue weighted by molar-refractivity contribution is 0.202. The summed E-state index contributed by atoms with van der Waals surface area (Å²) in [5.41, 5.74) is 1.39. The highest BCUT2D eigenvalue weighted by Gasteiger charge is 2.13. The number of nitrogens with zero attached hydrogens (tertiary/aromatic N) is 1. The minimum absolute atomic E-state index is 0.154. The predicted octanol–water partition coefficient (Wildman–Crippen LogP) is 2.78. The topological polar surface area (TPSA) is 34.1 Å². The van der Waals surface area contributed by atoms with Gasteiger partial charge in [0.1, 0.15) is 0 Å². The molecule has 0 amide bonds.